The third-order valence-electron chi connectivity index (χ3n) is 2.60. The van der Waals surface area contributed by atoms with Crippen LogP contribution in [0.5, 0.6) is 0 Å². The molecule has 0 aromatic rings. The number of carbonyl (C=O) groups is 3. The fraction of sp³-hybridized carbons (Fsp3) is 0.769. The van der Waals surface area contributed by atoms with E-state index in [1.54, 1.807) is 4.90 Å². The molecule has 0 aromatic carbocycles. The normalized spacial score (nSPS) is 13.6. The van der Waals surface area contributed by atoms with Gasteiger partial charge in [-0.15, -0.1) is 11.8 Å². The topological polar surface area (TPSA) is 92.5 Å². The largest absolute Gasteiger partial charge is 0.369 e. The van der Waals surface area contributed by atoms with Gasteiger partial charge in [0.2, 0.25) is 17.7 Å². The van der Waals surface area contributed by atoms with Crippen LogP contribution in [0.1, 0.15) is 36.0 Å². The predicted molar refractivity (Wildman–Crippen MR) is 85.5 cm³/mol. The van der Waals surface area contributed by atoms with Crippen LogP contribution < -0.4 is 11.1 Å². The van der Waals surface area contributed by atoms with Gasteiger partial charge in [0, 0.05) is 61.6 Å². The molecule has 1 saturated heterocycles. The number of piperidine rings is 1. The average Bonchev–Trinajstić information content (AvgIpc) is 2.43. The number of nitrogens with zero attached hydrogens (tertiary/aromatic N) is 1. The third-order valence-corrected chi connectivity index (χ3v) is 3.56. The molecule has 21 heavy (non-hydrogen) atoms. The molecule has 0 atom stereocenters. The molecule has 0 saturated carbocycles. The van der Waals surface area contributed by atoms with Crippen molar-refractivity contribution in [2.75, 3.05) is 31.1 Å². The number of rotatable bonds is 7. The van der Waals surface area contributed by atoms with Crippen LogP contribution in [0, 0.1) is 0 Å². The molecule has 0 spiro atoms. The minimum Gasteiger partial charge on any atom is -0.369 e. The first-order valence-corrected chi connectivity index (χ1v) is 8.15. The summed E-state index contributed by atoms with van der Waals surface area (Å²) in [5.74, 6) is -0.0226. The summed E-state index contributed by atoms with van der Waals surface area (Å²) in [6.45, 7) is 5.80. The summed E-state index contributed by atoms with van der Waals surface area (Å²) in [4.78, 5) is 35.1. The summed E-state index contributed by atoms with van der Waals surface area (Å²) in [6, 6.07) is 0. The monoisotopic (exact) mass is 396 g/mol. The molecule has 0 unspecified atom stereocenters. The van der Waals surface area contributed by atoms with E-state index in [-0.39, 0.29) is 58.9 Å². The molecule has 1 aliphatic heterocycles. The van der Waals surface area contributed by atoms with Gasteiger partial charge in [-0.05, 0) is 12.8 Å². The van der Waals surface area contributed by atoms with Gasteiger partial charge in [0.1, 0.15) is 0 Å². The van der Waals surface area contributed by atoms with E-state index in [1.807, 2.05) is 13.8 Å². The van der Waals surface area contributed by atoms with Crippen molar-refractivity contribution < 1.29 is 49.9 Å². The predicted octanol–water partition coefficient (Wildman–Crippen LogP) is 0.849. The number of nitrogens with two attached hydrogens (primary N) is 1. The number of nitrogens with one attached hydrogen (secondary N) is 1. The molecule has 0 aromatic heterocycles. The van der Waals surface area contributed by atoms with Gasteiger partial charge in [-0.1, -0.05) is 13.8 Å². The number of hydrogen-bond donors (Lipinski definition) is 2. The van der Waals surface area contributed by atoms with Gasteiger partial charge < -0.3 is 16.0 Å². The van der Waals surface area contributed by atoms with Gasteiger partial charge in [0.25, 0.3) is 0 Å². The minimum absolute atomic E-state index is 0. The first kappa shape index (κ1) is 23.1. The summed E-state index contributed by atoms with van der Waals surface area (Å²) in [7, 11) is 0. The second kappa shape index (κ2) is 14.8. The molecular weight excluding hydrogens is 367 g/mol. The van der Waals surface area contributed by atoms with Crippen LogP contribution >= 0.6 is 11.8 Å². The van der Waals surface area contributed by atoms with Gasteiger partial charge in [-0.25, -0.2) is 0 Å². The quantitative estimate of drug-likeness (QED) is 0.667. The summed E-state index contributed by atoms with van der Waals surface area (Å²) < 4.78 is 0. The van der Waals surface area contributed by atoms with Gasteiger partial charge in [-0.3, -0.25) is 14.4 Å². The Morgan fingerprint density at radius 1 is 1.33 bits per heavy atom. The molecular formula is C13H29N3O3SY. The first-order valence-electron chi connectivity index (χ1n) is 7.00. The summed E-state index contributed by atoms with van der Waals surface area (Å²) in [5, 5.41) is 2.72. The van der Waals surface area contributed by atoms with Crippen LogP contribution in [0.4, 0.5) is 0 Å². The second-order valence-corrected chi connectivity index (χ2v) is 5.13. The molecule has 1 aliphatic rings. The fourth-order valence-electron chi connectivity index (χ4n) is 1.72. The van der Waals surface area contributed by atoms with Crippen molar-refractivity contribution in [2.24, 2.45) is 5.73 Å². The maximum absolute atomic E-state index is 11.5. The Balaban J connectivity index is -0.000000347. The van der Waals surface area contributed by atoms with Crippen LogP contribution in [-0.4, -0.2) is 53.8 Å². The summed E-state index contributed by atoms with van der Waals surface area (Å²) in [6.07, 6.45) is 2.61. The van der Waals surface area contributed by atoms with E-state index < -0.39 is 5.91 Å². The van der Waals surface area contributed by atoms with E-state index in [0.29, 0.717) is 19.5 Å². The molecule has 3 amide bonds. The molecule has 3 N–H and O–H groups in total. The fourth-order valence-corrected chi connectivity index (χ4v) is 2.31. The van der Waals surface area contributed by atoms with Crippen molar-refractivity contribution in [3.05, 3.63) is 0 Å². The zero-order valence-corrected chi connectivity index (χ0v) is 16.5. The maximum Gasteiger partial charge on any atom is 0.230 e. The van der Waals surface area contributed by atoms with Crippen molar-refractivity contribution in [1.29, 1.82) is 0 Å². The van der Waals surface area contributed by atoms with Crippen LogP contribution in [0.3, 0.4) is 0 Å². The molecule has 123 valence electrons. The van der Waals surface area contributed by atoms with Crippen molar-refractivity contribution in [3.8, 4) is 0 Å². The van der Waals surface area contributed by atoms with Crippen LogP contribution in [-0.2, 0) is 47.1 Å². The van der Waals surface area contributed by atoms with Gasteiger partial charge >= 0.3 is 0 Å². The minimum atomic E-state index is -0.424. The molecule has 1 heterocycles. The van der Waals surface area contributed by atoms with Crippen molar-refractivity contribution in [2.45, 2.75) is 33.1 Å². The SMILES string of the molecule is CC.NC(=O)CSCC(=O)NCCN1CCCCC1=O.[HH].[HH].[Y]. The van der Waals surface area contributed by atoms with E-state index in [0.717, 1.165) is 19.4 Å². The van der Waals surface area contributed by atoms with E-state index >= 15 is 0 Å². The zero-order valence-electron chi connectivity index (χ0n) is 12.9. The molecule has 0 bridgehead atoms. The molecule has 0 aliphatic carbocycles. The van der Waals surface area contributed by atoms with Gasteiger partial charge in [0.15, 0.2) is 0 Å². The van der Waals surface area contributed by atoms with Crippen LogP contribution in [0.2, 0.25) is 0 Å². The Kier molecular flexibility index (Phi) is 16.3. The molecule has 1 fully saturated rings. The number of primary amides is 1. The number of likely N-dealkylation sites (tertiary alicyclic amines) is 1. The smallest absolute Gasteiger partial charge is 0.230 e. The molecule has 6 nitrogen and oxygen atoms in total. The van der Waals surface area contributed by atoms with E-state index in [9.17, 15) is 14.4 Å². The Labute approximate surface area is 159 Å². The Bertz CT molecular complexity index is 340. The van der Waals surface area contributed by atoms with Crippen molar-refractivity contribution in [1.82, 2.24) is 10.2 Å². The molecule has 8 heteroatoms. The van der Waals surface area contributed by atoms with E-state index in [4.69, 9.17) is 5.73 Å². The van der Waals surface area contributed by atoms with Gasteiger partial charge in [0.05, 0.1) is 11.5 Å². The number of thioether (sulfide) groups is 1. The Morgan fingerprint density at radius 2 is 2.00 bits per heavy atom. The summed E-state index contributed by atoms with van der Waals surface area (Å²) >= 11 is 1.19. The Hall–Kier alpha value is -0.136. The number of carbonyl (C=O) groups excluding carboxylic acids is 3. The van der Waals surface area contributed by atoms with E-state index in [2.05, 4.69) is 5.32 Å². The average molecular weight is 396 g/mol. The van der Waals surface area contributed by atoms with Crippen molar-refractivity contribution in [3.63, 3.8) is 0 Å². The maximum atomic E-state index is 11.5. The Morgan fingerprint density at radius 3 is 2.57 bits per heavy atom. The number of amides is 3. The van der Waals surface area contributed by atoms with E-state index in [1.165, 1.54) is 11.8 Å². The van der Waals surface area contributed by atoms with Crippen LogP contribution in [0.25, 0.3) is 0 Å². The first-order chi connectivity index (χ1) is 9.59. The second-order valence-electron chi connectivity index (χ2n) is 4.15. The molecule has 1 radical (unpaired) electrons. The third kappa shape index (κ3) is 12.1. The number of hydrogen-bond acceptors (Lipinski definition) is 4. The summed E-state index contributed by atoms with van der Waals surface area (Å²) in [5.41, 5.74) is 4.96. The van der Waals surface area contributed by atoms with Gasteiger partial charge in [-0.2, -0.15) is 0 Å². The zero-order chi connectivity index (χ0) is 15.4. The van der Waals surface area contributed by atoms with Crippen molar-refractivity contribution >= 4 is 29.5 Å². The standard InChI is InChI=1S/C11H19N3O3S.C2H6.Y.2H2/c12-9(15)7-18-8-10(16)13-4-6-14-5-2-1-3-11(14)17;1-2;;;/h1-8H2,(H2,12,15)(H,13,16);1-2H3;;2*1H. The molecule has 1 rings (SSSR count). The van der Waals surface area contributed by atoms with Crippen LogP contribution in [0.15, 0.2) is 0 Å².